The normalized spacial score (nSPS) is 18.8. The van der Waals surface area contributed by atoms with Crippen LogP contribution in [0.25, 0.3) is 0 Å². The molecular weight excluding hydrogens is 342 g/mol. The Kier molecular flexibility index (Phi) is 6.05. The van der Waals surface area contributed by atoms with Gasteiger partial charge in [0.2, 0.25) is 0 Å². The van der Waals surface area contributed by atoms with E-state index in [1.807, 2.05) is 13.8 Å². The maximum absolute atomic E-state index is 12.5. The first-order valence-electron chi connectivity index (χ1n) is 8.29. The molecule has 0 aromatic heterocycles. The Morgan fingerprint density at radius 1 is 1.24 bits per heavy atom. The number of rotatable bonds is 5. The van der Waals surface area contributed by atoms with E-state index in [1.165, 1.54) is 4.90 Å². The monoisotopic (exact) mass is 367 g/mol. The molecule has 8 heteroatoms. The van der Waals surface area contributed by atoms with Crippen molar-refractivity contribution >= 4 is 21.8 Å². The largest absolute Gasteiger partial charge is 0.338 e. The van der Waals surface area contributed by atoms with Crippen LogP contribution in [0.4, 0.5) is 4.79 Å². The van der Waals surface area contributed by atoms with E-state index in [4.69, 9.17) is 0 Å². The number of amides is 3. The van der Waals surface area contributed by atoms with Crippen LogP contribution < -0.4 is 10.6 Å². The Hall–Kier alpha value is -2.09. The van der Waals surface area contributed by atoms with Crippen molar-refractivity contribution in [2.45, 2.75) is 38.9 Å². The minimum atomic E-state index is -3.03. The van der Waals surface area contributed by atoms with Gasteiger partial charge in [0.25, 0.3) is 5.91 Å². The van der Waals surface area contributed by atoms with Gasteiger partial charge in [-0.05, 0) is 38.0 Å². The number of hydrogen-bond donors (Lipinski definition) is 2. The van der Waals surface area contributed by atoms with Gasteiger partial charge in [-0.3, -0.25) is 4.79 Å². The van der Waals surface area contributed by atoms with Gasteiger partial charge in [0.05, 0.1) is 11.5 Å². The number of sulfone groups is 1. The molecule has 2 rings (SSSR count). The quantitative estimate of drug-likeness (QED) is 0.816. The molecular formula is C17H25N3O4S. The zero-order chi connectivity index (χ0) is 18.6. The van der Waals surface area contributed by atoms with Gasteiger partial charge in [-0.2, -0.15) is 0 Å². The summed E-state index contributed by atoms with van der Waals surface area (Å²) in [6, 6.07) is 6.51. The third kappa shape index (κ3) is 5.45. The lowest BCUT2D eigenvalue weighted by Gasteiger charge is -2.23. The average Bonchev–Trinajstić information content (AvgIpc) is 2.91. The van der Waals surface area contributed by atoms with Gasteiger partial charge in [-0.1, -0.05) is 12.1 Å². The van der Waals surface area contributed by atoms with Crippen LogP contribution in [-0.2, 0) is 16.4 Å². The van der Waals surface area contributed by atoms with E-state index in [9.17, 15) is 18.0 Å². The molecule has 0 radical (unpaired) electrons. The average molecular weight is 367 g/mol. The highest BCUT2D eigenvalue weighted by atomic mass is 32.2. The van der Waals surface area contributed by atoms with Crippen molar-refractivity contribution in [1.29, 1.82) is 0 Å². The standard InChI is InChI=1S/C17H25N3O4S/c1-12(2)19-17(22)18-10-13-4-6-14(7-5-13)16(21)20(3)15-8-9-25(23,24)11-15/h4-7,12,15H,8-11H2,1-3H3,(H2,18,19,22). The van der Waals surface area contributed by atoms with Gasteiger partial charge in [0, 0.05) is 31.2 Å². The van der Waals surface area contributed by atoms with Crippen LogP contribution in [0.2, 0.25) is 0 Å². The van der Waals surface area contributed by atoms with E-state index in [0.717, 1.165) is 5.56 Å². The minimum Gasteiger partial charge on any atom is -0.338 e. The zero-order valence-electron chi connectivity index (χ0n) is 14.8. The fraction of sp³-hybridized carbons (Fsp3) is 0.529. The van der Waals surface area contributed by atoms with E-state index in [2.05, 4.69) is 10.6 Å². The van der Waals surface area contributed by atoms with Crippen LogP contribution in [0, 0.1) is 0 Å². The van der Waals surface area contributed by atoms with E-state index < -0.39 is 9.84 Å². The smallest absolute Gasteiger partial charge is 0.315 e. The van der Waals surface area contributed by atoms with Gasteiger partial charge >= 0.3 is 6.03 Å². The molecule has 0 bridgehead atoms. The molecule has 1 aliphatic rings. The molecule has 0 spiro atoms. The second kappa shape index (κ2) is 7.86. The maximum Gasteiger partial charge on any atom is 0.315 e. The number of carbonyl (C=O) groups excluding carboxylic acids is 2. The number of nitrogens with zero attached hydrogens (tertiary/aromatic N) is 1. The number of urea groups is 1. The molecule has 138 valence electrons. The van der Waals surface area contributed by atoms with Gasteiger partial charge in [0.15, 0.2) is 9.84 Å². The minimum absolute atomic E-state index is 0.0300. The fourth-order valence-corrected chi connectivity index (χ4v) is 4.49. The summed E-state index contributed by atoms with van der Waals surface area (Å²) in [6.07, 6.45) is 0.484. The van der Waals surface area contributed by atoms with Crippen molar-refractivity contribution in [3.05, 3.63) is 35.4 Å². The summed E-state index contributed by atoms with van der Waals surface area (Å²) >= 11 is 0. The molecule has 3 amide bonds. The van der Waals surface area contributed by atoms with Gasteiger partial charge in [-0.15, -0.1) is 0 Å². The van der Waals surface area contributed by atoms with Crippen LogP contribution in [0.15, 0.2) is 24.3 Å². The molecule has 1 heterocycles. The topological polar surface area (TPSA) is 95.6 Å². The molecule has 1 atom stereocenters. The Balaban J connectivity index is 1.92. The Bertz CT molecular complexity index is 729. The van der Waals surface area contributed by atoms with Crippen LogP contribution in [-0.4, -0.2) is 55.9 Å². The van der Waals surface area contributed by atoms with Gasteiger partial charge in [0.1, 0.15) is 0 Å². The highest BCUT2D eigenvalue weighted by Gasteiger charge is 2.32. The summed E-state index contributed by atoms with van der Waals surface area (Å²) < 4.78 is 23.1. The predicted molar refractivity (Wildman–Crippen MR) is 96.1 cm³/mol. The zero-order valence-corrected chi connectivity index (χ0v) is 15.6. The van der Waals surface area contributed by atoms with Crippen molar-refractivity contribution in [3.8, 4) is 0 Å². The molecule has 25 heavy (non-hydrogen) atoms. The van der Waals surface area contributed by atoms with E-state index in [1.54, 1.807) is 31.3 Å². The van der Waals surface area contributed by atoms with Crippen molar-refractivity contribution in [2.24, 2.45) is 0 Å². The second-order valence-corrected chi connectivity index (χ2v) is 8.88. The molecule has 1 fully saturated rings. The van der Waals surface area contributed by atoms with Crippen molar-refractivity contribution in [3.63, 3.8) is 0 Å². The van der Waals surface area contributed by atoms with Crippen LogP contribution in [0.1, 0.15) is 36.2 Å². The predicted octanol–water partition coefficient (Wildman–Crippen LogP) is 1.15. The first-order valence-corrected chi connectivity index (χ1v) is 10.1. The van der Waals surface area contributed by atoms with Crippen molar-refractivity contribution < 1.29 is 18.0 Å². The molecule has 1 saturated heterocycles. The summed E-state index contributed by atoms with van der Waals surface area (Å²) in [5.74, 6) is -0.0280. The molecule has 7 nitrogen and oxygen atoms in total. The number of nitrogens with one attached hydrogen (secondary N) is 2. The highest BCUT2D eigenvalue weighted by molar-refractivity contribution is 7.91. The van der Waals surface area contributed by atoms with E-state index >= 15 is 0 Å². The Labute approximate surface area is 148 Å². The molecule has 1 aromatic rings. The van der Waals surface area contributed by atoms with Crippen molar-refractivity contribution in [1.82, 2.24) is 15.5 Å². The summed E-state index contributed by atoms with van der Waals surface area (Å²) in [5, 5.41) is 5.48. The SMILES string of the molecule is CC(C)NC(=O)NCc1ccc(C(=O)N(C)C2CCS(=O)(=O)C2)cc1. The second-order valence-electron chi connectivity index (χ2n) is 6.65. The summed E-state index contributed by atoms with van der Waals surface area (Å²) in [4.78, 5) is 25.6. The number of benzene rings is 1. The number of carbonyl (C=O) groups is 2. The summed E-state index contributed by atoms with van der Waals surface area (Å²) in [5.41, 5.74) is 1.38. The molecule has 1 aliphatic heterocycles. The molecule has 1 aromatic carbocycles. The van der Waals surface area contributed by atoms with Gasteiger partial charge < -0.3 is 15.5 Å². The first kappa shape index (κ1) is 19.2. The molecule has 1 unspecified atom stereocenters. The van der Waals surface area contributed by atoms with Crippen LogP contribution >= 0.6 is 0 Å². The van der Waals surface area contributed by atoms with Crippen LogP contribution in [0.5, 0.6) is 0 Å². The van der Waals surface area contributed by atoms with E-state index in [0.29, 0.717) is 18.5 Å². The Morgan fingerprint density at radius 2 is 1.88 bits per heavy atom. The van der Waals surface area contributed by atoms with Crippen LogP contribution in [0.3, 0.4) is 0 Å². The maximum atomic E-state index is 12.5. The lowest BCUT2D eigenvalue weighted by Crippen LogP contribution is -2.39. The highest BCUT2D eigenvalue weighted by Crippen LogP contribution is 2.18. The third-order valence-corrected chi connectivity index (χ3v) is 5.90. The molecule has 0 aliphatic carbocycles. The lowest BCUT2D eigenvalue weighted by molar-refractivity contribution is 0.0747. The number of hydrogen-bond acceptors (Lipinski definition) is 4. The molecule has 2 N–H and O–H groups in total. The third-order valence-electron chi connectivity index (χ3n) is 4.15. The summed E-state index contributed by atoms with van der Waals surface area (Å²) in [6.45, 7) is 4.13. The first-order chi connectivity index (χ1) is 11.7. The van der Waals surface area contributed by atoms with E-state index in [-0.39, 0.29) is 35.5 Å². The van der Waals surface area contributed by atoms with Gasteiger partial charge in [-0.25, -0.2) is 13.2 Å². The lowest BCUT2D eigenvalue weighted by atomic mass is 10.1. The summed E-state index contributed by atoms with van der Waals surface area (Å²) in [7, 11) is -1.39. The molecule has 0 saturated carbocycles. The fourth-order valence-electron chi connectivity index (χ4n) is 2.71. The van der Waals surface area contributed by atoms with Crippen molar-refractivity contribution in [2.75, 3.05) is 18.6 Å². The Morgan fingerprint density at radius 3 is 2.40 bits per heavy atom.